The van der Waals surface area contributed by atoms with Crippen molar-refractivity contribution in [3.05, 3.63) is 54.0 Å². The first-order valence-corrected chi connectivity index (χ1v) is 8.54. The molecule has 7 nitrogen and oxygen atoms in total. The molecule has 3 aromatic rings. The average Bonchev–Trinajstić information content (AvgIpc) is 3.16. The Balaban J connectivity index is 1.76. The quantitative estimate of drug-likeness (QED) is 0.662. The van der Waals surface area contributed by atoms with Crippen LogP contribution >= 0.6 is 11.3 Å². The van der Waals surface area contributed by atoms with E-state index in [0.717, 1.165) is 0 Å². The highest BCUT2D eigenvalue weighted by Gasteiger charge is 2.11. The third-order valence-electron chi connectivity index (χ3n) is 3.37. The third-order valence-corrected chi connectivity index (χ3v) is 4.06. The van der Waals surface area contributed by atoms with Gasteiger partial charge in [-0.05, 0) is 24.3 Å². The minimum absolute atomic E-state index is 0.400. The molecule has 0 radical (unpaired) electrons. The summed E-state index contributed by atoms with van der Waals surface area (Å²) < 4.78 is 16.4. The Morgan fingerprint density at radius 2 is 1.81 bits per heavy atom. The molecular formula is C18H17N3O4S. The van der Waals surface area contributed by atoms with Gasteiger partial charge < -0.3 is 19.5 Å². The largest absolute Gasteiger partial charge is 0.493 e. The number of ether oxygens (including phenoxy) is 3. The summed E-state index contributed by atoms with van der Waals surface area (Å²) in [5, 5.41) is 7.71. The van der Waals surface area contributed by atoms with Crippen LogP contribution in [0.2, 0.25) is 0 Å². The van der Waals surface area contributed by atoms with Gasteiger partial charge >= 0.3 is 6.03 Å². The Morgan fingerprint density at radius 1 is 1.00 bits per heavy atom. The van der Waals surface area contributed by atoms with Gasteiger partial charge in [0.25, 0.3) is 0 Å². The Hall–Kier alpha value is -3.26. The van der Waals surface area contributed by atoms with E-state index in [-0.39, 0.29) is 0 Å². The molecule has 0 aliphatic carbocycles. The molecule has 3 rings (SSSR count). The van der Waals surface area contributed by atoms with E-state index in [2.05, 4.69) is 15.6 Å². The Morgan fingerprint density at radius 3 is 2.54 bits per heavy atom. The minimum Gasteiger partial charge on any atom is -0.493 e. The van der Waals surface area contributed by atoms with Gasteiger partial charge in [-0.3, -0.25) is 5.32 Å². The number of anilines is 2. The Bertz CT molecular complexity index is 884. The van der Waals surface area contributed by atoms with Gasteiger partial charge in [0.2, 0.25) is 0 Å². The summed E-state index contributed by atoms with van der Waals surface area (Å²) in [4.78, 5) is 16.1. The second-order valence-corrected chi connectivity index (χ2v) is 5.93. The fourth-order valence-corrected chi connectivity index (χ4v) is 2.73. The van der Waals surface area contributed by atoms with Gasteiger partial charge in [-0.25, -0.2) is 9.78 Å². The molecule has 134 valence electrons. The number of aromatic nitrogens is 1. The number of hydrogen-bond acceptors (Lipinski definition) is 6. The van der Waals surface area contributed by atoms with Crippen LogP contribution in [0, 0.1) is 0 Å². The summed E-state index contributed by atoms with van der Waals surface area (Å²) in [5.41, 5.74) is 0.524. The Kier molecular flexibility index (Phi) is 5.55. The van der Waals surface area contributed by atoms with Crippen LogP contribution in [0.4, 0.5) is 15.6 Å². The zero-order valence-electron chi connectivity index (χ0n) is 14.2. The smallest absolute Gasteiger partial charge is 0.325 e. The zero-order chi connectivity index (χ0) is 18.4. The molecule has 0 fully saturated rings. The van der Waals surface area contributed by atoms with Crippen molar-refractivity contribution in [2.24, 2.45) is 0 Å². The first-order chi connectivity index (χ1) is 12.7. The van der Waals surface area contributed by atoms with Crippen molar-refractivity contribution in [2.75, 3.05) is 24.9 Å². The Labute approximate surface area is 154 Å². The van der Waals surface area contributed by atoms with E-state index in [1.807, 2.05) is 6.07 Å². The molecule has 0 atom stereocenters. The molecule has 1 aromatic heterocycles. The van der Waals surface area contributed by atoms with E-state index in [1.54, 1.807) is 62.2 Å². The molecule has 2 N–H and O–H groups in total. The fourth-order valence-electron chi connectivity index (χ4n) is 2.20. The van der Waals surface area contributed by atoms with Gasteiger partial charge in [0.1, 0.15) is 5.75 Å². The molecular weight excluding hydrogens is 354 g/mol. The number of urea groups is 1. The van der Waals surface area contributed by atoms with Crippen molar-refractivity contribution < 1.29 is 19.0 Å². The number of nitrogens with zero attached hydrogens (tertiary/aromatic N) is 1. The lowest BCUT2D eigenvalue weighted by molar-refractivity contribution is 0.262. The van der Waals surface area contributed by atoms with Gasteiger partial charge in [-0.1, -0.05) is 12.1 Å². The second kappa shape index (κ2) is 8.21. The second-order valence-electron chi connectivity index (χ2n) is 5.03. The summed E-state index contributed by atoms with van der Waals surface area (Å²) in [5.74, 6) is 2.21. The fraction of sp³-hybridized carbons (Fsp3) is 0.111. The molecule has 0 saturated heterocycles. The lowest BCUT2D eigenvalue weighted by Gasteiger charge is -2.14. The number of para-hydroxylation sites is 2. The maximum absolute atomic E-state index is 12.1. The molecule has 0 aliphatic rings. The number of hydrogen-bond donors (Lipinski definition) is 2. The lowest BCUT2D eigenvalue weighted by atomic mass is 10.2. The van der Waals surface area contributed by atoms with Crippen LogP contribution in [0.15, 0.2) is 54.0 Å². The van der Waals surface area contributed by atoms with Crippen molar-refractivity contribution in [3.63, 3.8) is 0 Å². The highest BCUT2D eigenvalue weighted by molar-refractivity contribution is 7.13. The SMILES string of the molecule is COc1ccc(Oc2ccccc2NC(=O)Nc2nccs2)cc1OC. The first-order valence-electron chi connectivity index (χ1n) is 7.66. The van der Waals surface area contributed by atoms with E-state index < -0.39 is 6.03 Å². The molecule has 0 saturated carbocycles. The number of methoxy groups -OCH3 is 2. The summed E-state index contributed by atoms with van der Waals surface area (Å²) in [6.07, 6.45) is 1.62. The minimum atomic E-state index is -0.400. The number of amides is 2. The van der Waals surface area contributed by atoms with Gasteiger partial charge in [0.15, 0.2) is 22.4 Å². The highest BCUT2D eigenvalue weighted by atomic mass is 32.1. The van der Waals surface area contributed by atoms with Crippen LogP contribution in [-0.4, -0.2) is 25.2 Å². The molecule has 0 aliphatic heterocycles. The average molecular weight is 371 g/mol. The number of thiazole rings is 1. The zero-order valence-corrected chi connectivity index (χ0v) is 15.0. The summed E-state index contributed by atoms with van der Waals surface area (Å²) >= 11 is 1.34. The van der Waals surface area contributed by atoms with Crippen molar-refractivity contribution in [1.29, 1.82) is 0 Å². The molecule has 26 heavy (non-hydrogen) atoms. The van der Waals surface area contributed by atoms with Crippen molar-refractivity contribution >= 4 is 28.2 Å². The number of nitrogens with one attached hydrogen (secondary N) is 2. The number of carbonyl (C=O) groups is 1. The molecule has 2 amide bonds. The van der Waals surface area contributed by atoms with Crippen molar-refractivity contribution in [3.8, 4) is 23.0 Å². The van der Waals surface area contributed by atoms with E-state index >= 15 is 0 Å². The van der Waals surface area contributed by atoms with Gasteiger partial charge in [-0.15, -0.1) is 11.3 Å². The van der Waals surface area contributed by atoms with E-state index in [0.29, 0.717) is 33.8 Å². The predicted molar refractivity (Wildman–Crippen MR) is 101 cm³/mol. The van der Waals surface area contributed by atoms with Crippen molar-refractivity contribution in [2.45, 2.75) is 0 Å². The number of carbonyl (C=O) groups excluding carboxylic acids is 1. The van der Waals surface area contributed by atoms with Crippen LogP contribution in [0.5, 0.6) is 23.0 Å². The lowest BCUT2D eigenvalue weighted by Crippen LogP contribution is -2.19. The maximum Gasteiger partial charge on any atom is 0.325 e. The maximum atomic E-state index is 12.1. The normalized spacial score (nSPS) is 10.1. The summed E-state index contributed by atoms with van der Waals surface area (Å²) in [6.45, 7) is 0. The van der Waals surface area contributed by atoms with E-state index in [9.17, 15) is 4.79 Å². The molecule has 1 heterocycles. The first kappa shape index (κ1) is 17.6. The predicted octanol–water partition coefficient (Wildman–Crippen LogP) is 4.60. The van der Waals surface area contributed by atoms with Crippen LogP contribution in [-0.2, 0) is 0 Å². The van der Waals surface area contributed by atoms with Gasteiger partial charge in [-0.2, -0.15) is 0 Å². The molecule has 0 unspecified atom stereocenters. The monoisotopic (exact) mass is 371 g/mol. The van der Waals surface area contributed by atoms with Crippen LogP contribution in [0.25, 0.3) is 0 Å². The van der Waals surface area contributed by atoms with Gasteiger partial charge in [0.05, 0.1) is 19.9 Å². The molecule has 8 heteroatoms. The topological polar surface area (TPSA) is 81.7 Å². The van der Waals surface area contributed by atoms with E-state index in [4.69, 9.17) is 14.2 Å². The molecule has 0 bridgehead atoms. The van der Waals surface area contributed by atoms with Crippen molar-refractivity contribution in [1.82, 2.24) is 4.98 Å². The highest BCUT2D eigenvalue weighted by Crippen LogP contribution is 2.35. The summed E-state index contributed by atoms with van der Waals surface area (Å²) in [6, 6.07) is 12.0. The summed E-state index contributed by atoms with van der Waals surface area (Å²) in [7, 11) is 3.12. The van der Waals surface area contributed by atoms with Crippen LogP contribution in [0.1, 0.15) is 0 Å². The van der Waals surface area contributed by atoms with Crippen LogP contribution in [0.3, 0.4) is 0 Å². The third kappa shape index (κ3) is 4.22. The van der Waals surface area contributed by atoms with Gasteiger partial charge in [0, 0.05) is 17.6 Å². The van der Waals surface area contributed by atoms with E-state index in [1.165, 1.54) is 11.3 Å². The molecule has 2 aromatic carbocycles. The number of rotatable bonds is 6. The number of benzene rings is 2. The standard InChI is InChI=1S/C18H17N3O4S/c1-23-15-8-7-12(11-16(15)24-2)25-14-6-4-3-5-13(14)20-17(22)21-18-19-9-10-26-18/h3-11H,1-2H3,(H2,19,20,21,22). The van der Waals surface area contributed by atoms with Crippen LogP contribution < -0.4 is 24.8 Å². The molecule has 0 spiro atoms.